The van der Waals surface area contributed by atoms with Crippen LogP contribution >= 0.6 is 11.3 Å². The van der Waals surface area contributed by atoms with Crippen molar-refractivity contribution < 1.29 is 15.1 Å². The topological polar surface area (TPSA) is 86.8 Å². The zero-order valence-electron chi connectivity index (χ0n) is 10.5. The predicted octanol–water partition coefficient (Wildman–Crippen LogP) is 1.92. The fourth-order valence-corrected chi connectivity index (χ4v) is 2.77. The van der Waals surface area contributed by atoms with Gasteiger partial charge in [-0.1, -0.05) is 6.92 Å². The molecule has 7 heteroatoms. The number of thiophene rings is 1. The number of aliphatic hydroxyl groups is 2. The molecule has 0 spiro atoms. The standard InChI is InChI=1S/C11H18N2O4S/c1-3-4-12(5-6-14)11-9(13(16)17)7-10(18-11)8(2)15/h7-8,14-15H,3-6H2,1-2H3/t8-/m0/s1. The average molecular weight is 274 g/mol. The third-order valence-electron chi connectivity index (χ3n) is 2.47. The first-order valence-corrected chi connectivity index (χ1v) is 6.64. The van der Waals surface area contributed by atoms with E-state index in [4.69, 9.17) is 5.11 Å². The van der Waals surface area contributed by atoms with Crippen LogP contribution in [0.2, 0.25) is 0 Å². The monoisotopic (exact) mass is 274 g/mol. The molecule has 6 nitrogen and oxygen atoms in total. The summed E-state index contributed by atoms with van der Waals surface area (Å²) >= 11 is 1.21. The molecule has 1 aromatic rings. The highest BCUT2D eigenvalue weighted by atomic mass is 32.1. The van der Waals surface area contributed by atoms with Crippen LogP contribution in [0.4, 0.5) is 10.7 Å². The van der Waals surface area contributed by atoms with Crippen molar-refractivity contribution in [1.82, 2.24) is 0 Å². The van der Waals surface area contributed by atoms with Crippen molar-refractivity contribution >= 4 is 22.0 Å². The molecule has 0 aromatic carbocycles. The lowest BCUT2D eigenvalue weighted by atomic mass is 10.3. The van der Waals surface area contributed by atoms with E-state index in [1.807, 2.05) is 6.92 Å². The Hall–Kier alpha value is -1.18. The molecule has 1 atom stereocenters. The van der Waals surface area contributed by atoms with Crippen LogP contribution in [0.25, 0.3) is 0 Å². The molecular weight excluding hydrogens is 256 g/mol. The van der Waals surface area contributed by atoms with Crippen LogP contribution in [-0.2, 0) is 0 Å². The maximum atomic E-state index is 11.0. The van der Waals surface area contributed by atoms with Crippen LogP contribution in [-0.4, -0.2) is 34.8 Å². The third kappa shape index (κ3) is 3.41. The Morgan fingerprint density at radius 2 is 2.22 bits per heavy atom. The molecule has 2 N–H and O–H groups in total. The number of nitro groups is 1. The van der Waals surface area contributed by atoms with E-state index in [2.05, 4.69) is 0 Å². The fraction of sp³-hybridized carbons (Fsp3) is 0.636. The largest absolute Gasteiger partial charge is 0.395 e. The van der Waals surface area contributed by atoms with Crippen molar-refractivity contribution in [1.29, 1.82) is 0 Å². The van der Waals surface area contributed by atoms with E-state index in [0.717, 1.165) is 6.42 Å². The smallest absolute Gasteiger partial charge is 0.304 e. The van der Waals surface area contributed by atoms with Gasteiger partial charge in [0.25, 0.3) is 0 Å². The van der Waals surface area contributed by atoms with E-state index >= 15 is 0 Å². The lowest BCUT2D eigenvalue weighted by molar-refractivity contribution is -0.383. The summed E-state index contributed by atoms with van der Waals surface area (Å²) < 4.78 is 0. The van der Waals surface area contributed by atoms with Crippen LogP contribution < -0.4 is 4.90 Å². The van der Waals surface area contributed by atoms with E-state index < -0.39 is 11.0 Å². The van der Waals surface area contributed by atoms with Gasteiger partial charge in [0, 0.05) is 24.0 Å². The van der Waals surface area contributed by atoms with Crippen LogP contribution in [0.3, 0.4) is 0 Å². The number of hydrogen-bond donors (Lipinski definition) is 2. The molecule has 0 fully saturated rings. The fourth-order valence-electron chi connectivity index (χ4n) is 1.66. The van der Waals surface area contributed by atoms with Gasteiger partial charge in [0.05, 0.1) is 17.6 Å². The minimum absolute atomic E-state index is 0.00204. The Labute approximate surface area is 110 Å². The molecule has 0 saturated heterocycles. The van der Waals surface area contributed by atoms with Gasteiger partial charge in [-0.05, 0) is 13.3 Å². The molecule has 0 unspecified atom stereocenters. The number of nitrogens with zero attached hydrogens (tertiary/aromatic N) is 2. The summed E-state index contributed by atoms with van der Waals surface area (Å²) in [4.78, 5) is 12.9. The number of aliphatic hydroxyl groups excluding tert-OH is 2. The van der Waals surface area contributed by atoms with E-state index in [9.17, 15) is 15.2 Å². The van der Waals surface area contributed by atoms with Gasteiger partial charge in [-0.2, -0.15) is 0 Å². The Kier molecular flexibility index (Phi) is 5.52. The van der Waals surface area contributed by atoms with Crippen molar-refractivity contribution in [2.45, 2.75) is 26.4 Å². The molecule has 0 radical (unpaired) electrons. The second-order valence-corrected chi connectivity index (χ2v) is 5.05. The van der Waals surface area contributed by atoms with Crippen LogP contribution in [0.5, 0.6) is 0 Å². The van der Waals surface area contributed by atoms with E-state index in [1.54, 1.807) is 11.8 Å². The van der Waals surface area contributed by atoms with Gasteiger partial charge in [0.2, 0.25) is 0 Å². The quantitative estimate of drug-likeness (QED) is 0.586. The first kappa shape index (κ1) is 14.9. The second kappa shape index (κ2) is 6.67. The molecule has 1 heterocycles. The number of hydrogen-bond acceptors (Lipinski definition) is 6. The van der Waals surface area contributed by atoms with Gasteiger partial charge in [-0.25, -0.2) is 0 Å². The average Bonchev–Trinajstić information content (AvgIpc) is 2.73. The van der Waals surface area contributed by atoms with Crippen LogP contribution in [0, 0.1) is 10.1 Å². The molecule has 0 bridgehead atoms. The molecule has 0 aliphatic carbocycles. The Bertz CT molecular complexity index is 400. The summed E-state index contributed by atoms with van der Waals surface area (Å²) in [5.41, 5.74) is -0.00204. The van der Waals surface area contributed by atoms with E-state index in [-0.39, 0.29) is 12.3 Å². The van der Waals surface area contributed by atoms with Crippen molar-refractivity contribution in [2.24, 2.45) is 0 Å². The SMILES string of the molecule is CCCN(CCO)c1sc([C@H](C)O)cc1[N+](=O)[O-]. The molecule has 18 heavy (non-hydrogen) atoms. The zero-order valence-corrected chi connectivity index (χ0v) is 11.3. The Morgan fingerprint density at radius 3 is 2.67 bits per heavy atom. The summed E-state index contributed by atoms with van der Waals surface area (Å²) in [7, 11) is 0. The first-order chi connectivity index (χ1) is 8.51. The number of anilines is 1. The first-order valence-electron chi connectivity index (χ1n) is 5.83. The number of rotatable bonds is 7. The minimum atomic E-state index is -0.722. The molecular formula is C11H18N2O4S. The van der Waals surface area contributed by atoms with Crippen LogP contribution in [0.1, 0.15) is 31.2 Å². The molecule has 1 rings (SSSR count). The molecule has 102 valence electrons. The highest BCUT2D eigenvalue weighted by Crippen LogP contribution is 2.40. The molecule has 0 amide bonds. The zero-order chi connectivity index (χ0) is 13.7. The van der Waals surface area contributed by atoms with E-state index in [0.29, 0.717) is 23.0 Å². The van der Waals surface area contributed by atoms with Crippen molar-refractivity contribution in [2.75, 3.05) is 24.6 Å². The molecule has 1 aromatic heterocycles. The summed E-state index contributed by atoms with van der Waals surface area (Å²) in [6, 6.07) is 1.41. The third-order valence-corrected chi connectivity index (χ3v) is 3.83. The van der Waals surface area contributed by atoms with Crippen molar-refractivity contribution in [3.8, 4) is 0 Å². The summed E-state index contributed by atoms with van der Waals surface area (Å²) in [6.45, 7) is 4.49. The van der Waals surface area contributed by atoms with Gasteiger partial charge < -0.3 is 15.1 Å². The maximum Gasteiger partial charge on any atom is 0.304 e. The molecule has 0 saturated carbocycles. The maximum absolute atomic E-state index is 11.0. The summed E-state index contributed by atoms with van der Waals surface area (Å²) in [5.74, 6) is 0. The van der Waals surface area contributed by atoms with Gasteiger partial charge in [0.15, 0.2) is 5.00 Å². The van der Waals surface area contributed by atoms with Crippen molar-refractivity contribution in [3.05, 3.63) is 21.1 Å². The van der Waals surface area contributed by atoms with Gasteiger partial charge >= 0.3 is 5.69 Å². The highest BCUT2D eigenvalue weighted by Gasteiger charge is 2.24. The molecule has 0 aliphatic rings. The van der Waals surface area contributed by atoms with Crippen molar-refractivity contribution in [3.63, 3.8) is 0 Å². The second-order valence-electron chi connectivity index (χ2n) is 3.98. The summed E-state index contributed by atoms with van der Waals surface area (Å²) in [6.07, 6.45) is 0.110. The van der Waals surface area contributed by atoms with Crippen LogP contribution in [0.15, 0.2) is 6.07 Å². The Morgan fingerprint density at radius 1 is 1.56 bits per heavy atom. The van der Waals surface area contributed by atoms with E-state index in [1.165, 1.54) is 17.4 Å². The normalized spacial score (nSPS) is 12.4. The minimum Gasteiger partial charge on any atom is -0.395 e. The lowest BCUT2D eigenvalue weighted by Gasteiger charge is -2.20. The molecule has 0 aliphatic heterocycles. The predicted molar refractivity (Wildman–Crippen MR) is 71.2 cm³/mol. The van der Waals surface area contributed by atoms with Gasteiger partial charge in [0.1, 0.15) is 0 Å². The van der Waals surface area contributed by atoms with Gasteiger partial charge in [-0.15, -0.1) is 11.3 Å². The van der Waals surface area contributed by atoms with Gasteiger partial charge in [-0.3, -0.25) is 10.1 Å². The summed E-state index contributed by atoms with van der Waals surface area (Å²) in [5, 5.41) is 30.0. The Balaban J connectivity index is 3.13. The highest BCUT2D eigenvalue weighted by molar-refractivity contribution is 7.16. The lowest BCUT2D eigenvalue weighted by Crippen LogP contribution is -2.27.